The molecule has 0 aliphatic heterocycles. The van der Waals surface area contributed by atoms with E-state index in [1.807, 2.05) is 6.92 Å². The van der Waals surface area contributed by atoms with E-state index in [0.29, 0.717) is 29.7 Å². The highest BCUT2D eigenvalue weighted by molar-refractivity contribution is 9.10. The quantitative estimate of drug-likeness (QED) is 0.895. The summed E-state index contributed by atoms with van der Waals surface area (Å²) in [5.74, 6) is 0.430. The molecule has 4 nitrogen and oxygen atoms in total. The minimum atomic E-state index is 0.00959. The molecule has 2 rings (SSSR count). The number of rotatable bonds is 5. The molecule has 0 saturated heterocycles. The van der Waals surface area contributed by atoms with Gasteiger partial charge in [0.15, 0.2) is 0 Å². The normalized spacial score (nSPS) is 20.9. The molecule has 0 radical (unpaired) electrons. The van der Waals surface area contributed by atoms with Gasteiger partial charge in [-0.1, -0.05) is 0 Å². The van der Waals surface area contributed by atoms with Crippen LogP contribution in [0.5, 0.6) is 0 Å². The number of halogens is 1. The molecule has 1 aliphatic carbocycles. The van der Waals surface area contributed by atoms with E-state index in [0.717, 1.165) is 23.9 Å². The van der Waals surface area contributed by atoms with E-state index in [4.69, 9.17) is 10.00 Å². The number of hydrogen-bond donors (Lipinski definition) is 1. The first-order chi connectivity index (χ1) is 9.62. The molecule has 1 amide bonds. The maximum atomic E-state index is 11.9. The van der Waals surface area contributed by atoms with Crippen LogP contribution in [-0.2, 0) is 9.53 Å². The molecule has 1 aromatic carbocycles. The number of carbonyl (C=O) groups is 1. The first-order valence-electron chi connectivity index (χ1n) is 6.73. The lowest BCUT2D eigenvalue weighted by Gasteiger charge is -2.34. The van der Waals surface area contributed by atoms with E-state index < -0.39 is 0 Å². The van der Waals surface area contributed by atoms with Crippen molar-refractivity contribution < 1.29 is 9.53 Å². The first-order valence-corrected chi connectivity index (χ1v) is 7.52. The lowest BCUT2D eigenvalue weighted by molar-refractivity contribution is -0.119. The molecular weight excluding hydrogens is 320 g/mol. The Bertz CT molecular complexity index is 533. The standard InChI is InChI=1S/C15H17BrN2O2/c1-2-20-12-5-11(6-12)8-15(19)18-14-4-3-10(9-17)7-13(14)16/h3-4,7,11-12H,2,5-6,8H2,1H3,(H,18,19). The highest BCUT2D eigenvalue weighted by atomic mass is 79.9. The second kappa shape index (κ2) is 6.87. The summed E-state index contributed by atoms with van der Waals surface area (Å²) in [5, 5.41) is 11.7. The summed E-state index contributed by atoms with van der Waals surface area (Å²) in [6, 6.07) is 7.19. The molecule has 5 heteroatoms. The van der Waals surface area contributed by atoms with Gasteiger partial charge in [0, 0.05) is 17.5 Å². The van der Waals surface area contributed by atoms with Gasteiger partial charge in [-0.25, -0.2) is 0 Å². The number of carbonyl (C=O) groups excluding carboxylic acids is 1. The second-order valence-electron chi connectivity index (χ2n) is 4.97. The van der Waals surface area contributed by atoms with Gasteiger partial charge in [-0.3, -0.25) is 4.79 Å². The van der Waals surface area contributed by atoms with Gasteiger partial charge in [-0.05, 0) is 59.8 Å². The smallest absolute Gasteiger partial charge is 0.224 e. The third-order valence-corrected chi connectivity index (χ3v) is 4.10. The minimum Gasteiger partial charge on any atom is -0.378 e. The Morgan fingerprint density at radius 3 is 2.90 bits per heavy atom. The number of benzene rings is 1. The van der Waals surface area contributed by atoms with Crippen LogP contribution in [0.15, 0.2) is 22.7 Å². The summed E-state index contributed by atoms with van der Waals surface area (Å²) < 4.78 is 6.21. The molecule has 106 valence electrons. The molecule has 0 bridgehead atoms. The van der Waals surface area contributed by atoms with E-state index in [9.17, 15) is 4.79 Å². The number of nitriles is 1. The second-order valence-corrected chi connectivity index (χ2v) is 5.83. The molecule has 0 atom stereocenters. The van der Waals surface area contributed by atoms with Gasteiger partial charge in [-0.2, -0.15) is 5.26 Å². The highest BCUT2D eigenvalue weighted by Crippen LogP contribution is 2.33. The maximum absolute atomic E-state index is 11.9. The van der Waals surface area contributed by atoms with Gasteiger partial charge in [0.1, 0.15) is 0 Å². The number of anilines is 1. The van der Waals surface area contributed by atoms with Gasteiger partial charge in [0.2, 0.25) is 5.91 Å². The van der Waals surface area contributed by atoms with Crippen molar-refractivity contribution in [2.75, 3.05) is 11.9 Å². The molecule has 0 unspecified atom stereocenters. The molecule has 1 aliphatic rings. The molecular formula is C15H17BrN2O2. The summed E-state index contributed by atoms with van der Waals surface area (Å²) in [5.41, 5.74) is 1.27. The Hall–Kier alpha value is -1.38. The van der Waals surface area contributed by atoms with Gasteiger partial charge < -0.3 is 10.1 Å². The van der Waals surface area contributed by atoms with Crippen LogP contribution in [0.2, 0.25) is 0 Å². The van der Waals surface area contributed by atoms with Gasteiger partial charge >= 0.3 is 0 Å². The zero-order chi connectivity index (χ0) is 14.5. The third-order valence-electron chi connectivity index (χ3n) is 3.44. The van der Waals surface area contributed by atoms with Crippen LogP contribution in [0, 0.1) is 17.2 Å². The number of nitrogens with zero attached hydrogens (tertiary/aromatic N) is 1. The van der Waals surface area contributed by atoms with Gasteiger partial charge in [0.05, 0.1) is 23.4 Å². The molecule has 1 saturated carbocycles. The van der Waals surface area contributed by atoms with E-state index in [1.165, 1.54) is 0 Å². The van der Waals surface area contributed by atoms with Crippen LogP contribution in [0.4, 0.5) is 5.69 Å². The Morgan fingerprint density at radius 2 is 2.30 bits per heavy atom. The lowest BCUT2D eigenvalue weighted by Crippen LogP contribution is -2.33. The third kappa shape index (κ3) is 3.81. The summed E-state index contributed by atoms with van der Waals surface area (Å²) in [4.78, 5) is 11.9. The summed E-state index contributed by atoms with van der Waals surface area (Å²) >= 11 is 3.36. The maximum Gasteiger partial charge on any atom is 0.224 e. The summed E-state index contributed by atoms with van der Waals surface area (Å²) in [6.45, 7) is 2.73. The average molecular weight is 337 g/mol. The Kier molecular flexibility index (Phi) is 5.16. The van der Waals surface area contributed by atoms with E-state index in [1.54, 1.807) is 18.2 Å². The monoisotopic (exact) mass is 336 g/mol. The predicted octanol–water partition coefficient (Wildman–Crippen LogP) is 3.46. The van der Waals surface area contributed by atoms with Crippen LogP contribution in [0.3, 0.4) is 0 Å². The number of ether oxygens (including phenoxy) is 1. The largest absolute Gasteiger partial charge is 0.378 e. The molecule has 1 fully saturated rings. The summed E-state index contributed by atoms with van der Waals surface area (Å²) in [7, 11) is 0. The lowest BCUT2D eigenvalue weighted by atomic mass is 9.80. The van der Waals surface area contributed by atoms with Crippen molar-refractivity contribution in [2.24, 2.45) is 5.92 Å². The summed E-state index contributed by atoms with van der Waals surface area (Å²) in [6.07, 6.45) is 2.79. The van der Waals surface area contributed by atoms with Crippen LogP contribution >= 0.6 is 15.9 Å². The van der Waals surface area contributed by atoms with Crippen molar-refractivity contribution in [3.63, 3.8) is 0 Å². The van der Waals surface area contributed by atoms with E-state index in [-0.39, 0.29) is 5.91 Å². The number of amides is 1. The van der Waals surface area contributed by atoms with E-state index >= 15 is 0 Å². The van der Waals surface area contributed by atoms with Crippen LogP contribution in [0.25, 0.3) is 0 Å². The highest BCUT2D eigenvalue weighted by Gasteiger charge is 2.31. The van der Waals surface area contributed by atoms with Crippen LogP contribution < -0.4 is 5.32 Å². The van der Waals surface area contributed by atoms with Crippen molar-refractivity contribution in [3.05, 3.63) is 28.2 Å². The topological polar surface area (TPSA) is 62.1 Å². The fourth-order valence-corrected chi connectivity index (χ4v) is 2.84. The van der Waals surface area contributed by atoms with Crippen molar-refractivity contribution in [1.82, 2.24) is 0 Å². The van der Waals surface area contributed by atoms with Crippen LogP contribution in [-0.4, -0.2) is 18.6 Å². The Morgan fingerprint density at radius 1 is 1.55 bits per heavy atom. The van der Waals surface area contributed by atoms with Gasteiger partial charge in [0.25, 0.3) is 0 Å². The first kappa shape index (κ1) is 15.0. The minimum absolute atomic E-state index is 0.00959. The Labute approximate surface area is 127 Å². The molecule has 20 heavy (non-hydrogen) atoms. The molecule has 1 N–H and O–H groups in total. The Balaban J connectivity index is 1.82. The van der Waals surface area contributed by atoms with Crippen LogP contribution in [0.1, 0.15) is 31.7 Å². The number of hydrogen-bond acceptors (Lipinski definition) is 3. The van der Waals surface area contributed by atoms with E-state index in [2.05, 4.69) is 27.3 Å². The van der Waals surface area contributed by atoms with Crippen molar-refractivity contribution in [1.29, 1.82) is 5.26 Å². The molecule has 0 aromatic heterocycles. The van der Waals surface area contributed by atoms with Crippen molar-refractivity contribution >= 4 is 27.5 Å². The van der Waals surface area contributed by atoms with Gasteiger partial charge in [-0.15, -0.1) is 0 Å². The fraction of sp³-hybridized carbons (Fsp3) is 0.467. The zero-order valence-corrected chi connectivity index (χ0v) is 12.9. The zero-order valence-electron chi connectivity index (χ0n) is 11.4. The van der Waals surface area contributed by atoms with Crippen molar-refractivity contribution in [3.8, 4) is 6.07 Å². The fourth-order valence-electron chi connectivity index (χ4n) is 2.36. The molecule has 1 aromatic rings. The SMILES string of the molecule is CCOC1CC(CC(=O)Nc2ccc(C#N)cc2Br)C1. The molecule has 0 spiro atoms. The predicted molar refractivity (Wildman–Crippen MR) is 80.2 cm³/mol. The molecule has 0 heterocycles. The number of nitrogens with one attached hydrogen (secondary N) is 1. The average Bonchev–Trinajstić information content (AvgIpc) is 2.38. The van der Waals surface area contributed by atoms with Crippen molar-refractivity contribution in [2.45, 2.75) is 32.3 Å².